The van der Waals surface area contributed by atoms with E-state index in [9.17, 15) is 8.42 Å². The van der Waals surface area contributed by atoms with Crippen LogP contribution in [-0.2, 0) is 22.9 Å². The smallest absolute Gasteiger partial charge is 0.252 e. The summed E-state index contributed by atoms with van der Waals surface area (Å²) in [5.41, 5.74) is 4.23. The summed E-state index contributed by atoms with van der Waals surface area (Å²) in [6, 6.07) is 11.2. The van der Waals surface area contributed by atoms with Gasteiger partial charge >= 0.3 is 0 Å². The third kappa shape index (κ3) is 4.05. The molecule has 0 unspecified atom stereocenters. The second kappa shape index (κ2) is 8.61. The van der Waals surface area contributed by atoms with Gasteiger partial charge < -0.3 is 4.90 Å². The number of piperazine rings is 1. The fourth-order valence-electron chi connectivity index (χ4n) is 5.28. The number of hydrogen-bond donors (Lipinski definition) is 0. The van der Waals surface area contributed by atoms with E-state index >= 15 is 0 Å². The quantitative estimate of drug-likeness (QED) is 0.721. The minimum atomic E-state index is -3.34. The van der Waals surface area contributed by atoms with Gasteiger partial charge in [-0.2, -0.15) is 4.31 Å². The molecule has 162 valence electrons. The van der Waals surface area contributed by atoms with E-state index in [1.807, 2.05) is 5.38 Å². The third-order valence-corrected chi connectivity index (χ3v) is 10.3. The fourth-order valence-corrected chi connectivity index (χ4v) is 7.85. The molecule has 0 atom stereocenters. The average Bonchev–Trinajstić information content (AvgIpc) is 3.46. The van der Waals surface area contributed by atoms with Crippen molar-refractivity contribution < 1.29 is 8.42 Å². The Labute approximate surface area is 184 Å². The van der Waals surface area contributed by atoms with Crippen LogP contribution in [0.25, 0.3) is 0 Å². The summed E-state index contributed by atoms with van der Waals surface area (Å²) < 4.78 is 27.6. The lowest BCUT2D eigenvalue weighted by Gasteiger charge is -2.35. The van der Waals surface area contributed by atoms with E-state index < -0.39 is 10.0 Å². The summed E-state index contributed by atoms with van der Waals surface area (Å²) in [5, 5.41) is 1.83. The maximum atomic E-state index is 12.8. The predicted octanol–water partition coefficient (Wildman–Crippen LogP) is 3.60. The van der Waals surface area contributed by atoms with Crippen molar-refractivity contribution in [2.75, 3.05) is 44.2 Å². The molecule has 0 radical (unpaired) electrons. The Morgan fingerprint density at radius 2 is 1.60 bits per heavy atom. The van der Waals surface area contributed by atoms with Gasteiger partial charge in [0.15, 0.2) is 0 Å². The Bertz CT molecular complexity index is 960. The van der Waals surface area contributed by atoms with E-state index in [2.05, 4.69) is 28.0 Å². The van der Waals surface area contributed by atoms with Crippen molar-refractivity contribution in [3.63, 3.8) is 0 Å². The van der Waals surface area contributed by atoms with Gasteiger partial charge in [0, 0.05) is 51.0 Å². The molecule has 2 fully saturated rings. The predicted molar refractivity (Wildman–Crippen MR) is 123 cm³/mol. The lowest BCUT2D eigenvalue weighted by Crippen LogP contribution is -2.48. The van der Waals surface area contributed by atoms with Crippen LogP contribution >= 0.6 is 11.3 Å². The second-order valence-corrected chi connectivity index (χ2v) is 11.9. The van der Waals surface area contributed by atoms with Crippen LogP contribution < -0.4 is 4.90 Å². The number of fused-ring (bicyclic) bond motifs is 1. The first-order chi connectivity index (χ1) is 14.6. The molecule has 0 spiro atoms. The zero-order chi connectivity index (χ0) is 20.6. The summed E-state index contributed by atoms with van der Waals surface area (Å²) in [4.78, 5) is 5.07. The molecule has 1 saturated heterocycles. The van der Waals surface area contributed by atoms with E-state index in [0.717, 1.165) is 32.0 Å². The standard InChI is InChI=1S/C23H31N3O2S2/c27-30(28,23-6-3-17-29-23)26-15-13-25(14-16-26)22-8-7-19-9-11-24(12-10-20(19)18-22)21-4-1-2-5-21/h3,6-8,17-18,21H,1-2,4-5,9-16H2. The third-order valence-electron chi connectivity index (χ3n) is 7.06. The monoisotopic (exact) mass is 445 g/mol. The van der Waals surface area contributed by atoms with E-state index in [-0.39, 0.29) is 0 Å². The fraction of sp³-hybridized carbons (Fsp3) is 0.565. The number of hydrogen-bond acceptors (Lipinski definition) is 5. The maximum absolute atomic E-state index is 12.8. The number of benzene rings is 1. The average molecular weight is 446 g/mol. The zero-order valence-corrected chi connectivity index (χ0v) is 19.1. The van der Waals surface area contributed by atoms with Gasteiger partial charge in [0.25, 0.3) is 10.0 Å². The molecule has 1 aromatic heterocycles. The number of anilines is 1. The van der Waals surface area contributed by atoms with Gasteiger partial charge in [-0.3, -0.25) is 4.90 Å². The van der Waals surface area contributed by atoms with Crippen LogP contribution in [0.2, 0.25) is 0 Å². The molecular weight excluding hydrogens is 414 g/mol. The molecule has 5 rings (SSSR count). The highest BCUT2D eigenvalue weighted by molar-refractivity contribution is 7.91. The van der Waals surface area contributed by atoms with Gasteiger partial charge in [-0.05, 0) is 60.4 Å². The molecule has 7 heteroatoms. The highest BCUT2D eigenvalue weighted by atomic mass is 32.2. The minimum absolute atomic E-state index is 0.452. The number of thiophene rings is 1. The molecule has 1 aromatic carbocycles. The number of sulfonamides is 1. The van der Waals surface area contributed by atoms with Crippen molar-refractivity contribution in [1.29, 1.82) is 0 Å². The zero-order valence-electron chi connectivity index (χ0n) is 17.5. The Kier molecular flexibility index (Phi) is 5.88. The maximum Gasteiger partial charge on any atom is 0.252 e. The lowest BCUT2D eigenvalue weighted by molar-refractivity contribution is 0.208. The Morgan fingerprint density at radius 3 is 2.30 bits per heavy atom. The molecule has 1 saturated carbocycles. The summed E-state index contributed by atoms with van der Waals surface area (Å²) in [6.45, 7) is 4.96. The molecule has 2 aromatic rings. The lowest BCUT2D eigenvalue weighted by atomic mass is 10.0. The van der Waals surface area contributed by atoms with Crippen LogP contribution in [0.1, 0.15) is 36.8 Å². The van der Waals surface area contributed by atoms with E-state index in [4.69, 9.17) is 0 Å². The molecule has 30 heavy (non-hydrogen) atoms. The summed E-state index contributed by atoms with van der Waals surface area (Å²) in [5.74, 6) is 0. The van der Waals surface area contributed by atoms with E-state index in [1.165, 1.54) is 66.9 Å². The molecule has 0 amide bonds. The number of rotatable bonds is 4. The topological polar surface area (TPSA) is 43.9 Å². The Morgan fingerprint density at radius 1 is 0.867 bits per heavy atom. The van der Waals surface area contributed by atoms with Gasteiger partial charge in [-0.15, -0.1) is 11.3 Å². The van der Waals surface area contributed by atoms with Gasteiger partial charge in [0.2, 0.25) is 0 Å². The SMILES string of the molecule is O=S(=O)(c1cccs1)N1CCN(c2ccc3c(c2)CCN(C2CCCC2)CC3)CC1. The summed E-state index contributed by atoms with van der Waals surface area (Å²) in [7, 11) is -3.34. The van der Waals surface area contributed by atoms with Gasteiger partial charge in [-0.1, -0.05) is 25.0 Å². The molecule has 3 aliphatic rings. The van der Waals surface area contributed by atoms with Crippen LogP contribution in [0.3, 0.4) is 0 Å². The van der Waals surface area contributed by atoms with Gasteiger partial charge in [0.1, 0.15) is 4.21 Å². The van der Waals surface area contributed by atoms with Crippen molar-refractivity contribution in [2.45, 2.75) is 48.8 Å². The molecule has 2 aliphatic heterocycles. The van der Waals surface area contributed by atoms with E-state index in [1.54, 1.807) is 16.4 Å². The summed E-state index contributed by atoms with van der Waals surface area (Å²) >= 11 is 1.30. The van der Waals surface area contributed by atoms with Crippen LogP contribution in [0.5, 0.6) is 0 Å². The molecule has 5 nitrogen and oxygen atoms in total. The van der Waals surface area contributed by atoms with Crippen molar-refractivity contribution in [1.82, 2.24) is 9.21 Å². The van der Waals surface area contributed by atoms with Crippen molar-refractivity contribution in [3.8, 4) is 0 Å². The number of nitrogens with zero attached hydrogens (tertiary/aromatic N) is 3. The molecule has 1 aliphatic carbocycles. The first kappa shape index (κ1) is 20.5. The van der Waals surface area contributed by atoms with Crippen LogP contribution in [0.4, 0.5) is 5.69 Å². The molecule has 0 bridgehead atoms. The van der Waals surface area contributed by atoms with Crippen molar-refractivity contribution in [3.05, 3.63) is 46.8 Å². The van der Waals surface area contributed by atoms with Crippen LogP contribution in [-0.4, -0.2) is 62.9 Å². The van der Waals surface area contributed by atoms with Crippen LogP contribution in [0, 0.1) is 0 Å². The highest BCUT2D eigenvalue weighted by Gasteiger charge is 2.30. The normalized spacial score (nSPS) is 22.2. The summed E-state index contributed by atoms with van der Waals surface area (Å²) in [6.07, 6.45) is 7.82. The van der Waals surface area contributed by atoms with Gasteiger partial charge in [0.05, 0.1) is 0 Å². The molecule has 0 N–H and O–H groups in total. The largest absolute Gasteiger partial charge is 0.369 e. The second-order valence-electron chi connectivity index (χ2n) is 8.75. The van der Waals surface area contributed by atoms with Crippen molar-refractivity contribution in [2.24, 2.45) is 0 Å². The molecular formula is C23H31N3O2S2. The van der Waals surface area contributed by atoms with E-state index in [0.29, 0.717) is 17.3 Å². The highest BCUT2D eigenvalue weighted by Crippen LogP contribution is 2.29. The molecule has 3 heterocycles. The minimum Gasteiger partial charge on any atom is -0.369 e. The Balaban J connectivity index is 1.24. The van der Waals surface area contributed by atoms with Crippen LogP contribution in [0.15, 0.2) is 39.9 Å². The first-order valence-electron chi connectivity index (χ1n) is 11.3. The first-order valence-corrected chi connectivity index (χ1v) is 13.6. The van der Waals surface area contributed by atoms with Crippen molar-refractivity contribution >= 4 is 27.0 Å². The van der Waals surface area contributed by atoms with Gasteiger partial charge in [-0.25, -0.2) is 8.42 Å². The Hall–Kier alpha value is -1.41.